The zero-order chi connectivity index (χ0) is 14.3. The van der Waals surface area contributed by atoms with Crippen LogP contribution in [0, 0.1) is 5.92 Å². The molecule has 0 aliphatic carbocycles. The van der Waals surface area contributed by atoms with E-state index in [0.717, 1.165) is 37.1 Å². The van der Waals surface area contributed by atoms with Gasteiger partial charge in [0.15, 0.2) is 8.68 Å². The lowest BCUT2D eigenvalue weighted by Crippen LogP contribution is -2.53. The minimum Gasteiger partial charge on any atom is -0.303 e. The molecule has 2 atom stereocenters. The van der Waals surface area contributed by atoms with Crippen molar-refractivity contribution < 1.29 is 8.42 Å². The van der Waals surface area contributed by atoms with E-state index in [1.807, 2.05) is 0 Å². The molecule has 1 aromatic heterocycles. The van der Waals surface area contributed by atoms with Crippen molar-refractivity contribution in [2.75, 3.05) is 26.7 Å². The molecule has 2 aliphatic rings. The van der Waals surface area contributed by atoms with Crippen LogP contribution in [0.3, 0.4) is 0 Å². The fourth-order valence-electron chi connectivity index (χ4n) is 3.32. The number of thiazole rings is 1. The number of rotatable bonds is 2. The number of likely N-dealkylation sites (tertiary alicyclic amines) is 1. The maximum atomic E-state index is 12.6. The van der Waals surface area contributed by atoms with E-state index in [4.69, 9.17) is 11.6 Å². The monoisotopic (exact) mass is 335 g/mol. The quantitative estimate of drug-likeness (QED) is 0.828. The van der Waals surface area contributed by atoms with Crippen molar-refractivity contribution in [3.8, 4) is 0 Å². The normalized spacial score (nSPS) is 29.3. The molecule has 2 fully saturated rings. The first-order chi connectivity index (χ1) is 9.48. The lowest BCUT2D eigenvalue weighted by molar-refractivity contribution is 0.0672. The Labute approximate surface area is 128 Å². The van der Waals surface area contributed by atoms with Crippen LogP contribution in [0.1, 0.15) is 19.3 Å². The number of sulfonamides is 1. The second kappa shape index (κ2) is 5.53. The molecule has 0 N–H and O–H groups in total. The fourth-order valence-corrected chi connectivity index (χ4v) is 6.28. The fraction of sp³-hybridized carbons (Fsp3) is 0.750. The summed E-state index contributed by atoms with van der Waals surface area (Å²) >= 11 is 6.79. The van der Waals surface area contributed by atoms with Gasteiger partial charge in [-0.2, -0.15) is 4.31 Å². The number of aromatic nitrogens is 1. The Hall–Kier alpha value is -0.210. The summed E-state index contributed by atoms with van der Waals surface area (Å²) in [5.41, 5.74) is 0. The van der Waals surface area contributed by atoms with E-state index >= 15 is 0 Å². The van der Waals surface area contributed by atoms with Crippen molar-refractivity contribution in [1.82, 2.24) is 14.2 Å². The van der Waals surface area contributed by atoms with Gasteiger partial charge in [0.1, 0.15) is 0 Å². The van der Waals surface area contributed by atoms with E-state index in [1.54, 1.807) is 4.31 Å². The summed E-state index contributed by atoms with van der Waals surface area (Å²) in [5, 5.41) is 0. The molecular weight excluding hydrogens is 318 g/mol. The summed E-state index contributed by atoms with van der Waals surface area (Å²) < 4.78 is 27.3. The van der Waals surface area contributed by atoms with Crippen LogP contribution in [0.2, 0.25) is 4.47 Å². The van der Waals surface area contributed by atoms with E-state index < -0.39 is 10.0 Å². The highest BCUT2D eigenvalue weighted by Crippen LogP contribution is 2.33. The van der Waals surface area contributed by atoms with Gasteiger partial charge in [-0.1, -0.05) is 22.9 Å². The first kappa shape index (κ1) is 14.7. The Morgan fingerprint density at radius 2 is 2.20 bits per heavy atom. The summed E-state index contributed by atoms with van der Waals surface area (Å²) in [6.07, 6.45) is 4.54. The summed E-state index contributed by atoms with van der Waals surface area (Å²) in [6, 6.07) is 0.528. The van der Waals surface area contributed by atoms with Gasteiger partial charge in [0.2, 0.25) is 0 Å². The lowest BCUT2D eigenvalue weighted by Gasteiger charge is -2.45. The molecule has 3 rings (SSSR count). The minimum absolute atomic E-state index is 0.255. The predicted octanol–water partition coefficient (Wildman–Crippen LogP) is 1.90. The van der Waals surface area contributed by atoms with Crippen LogP contribution in [0.15, 0.2) is 10.4 Å². The zero-order valence-corrected chi connectivity index (χ0v) is 13.7. The molecule has 0 radical (unpaired) electrons. The van der Waals surface area contributed by atoms with Crippen molar-refractivity contribution >= 4 is 33.0 Å². The van der Waals surface area contributed by atoms with Crippen LogP contribution in [0.4, 0.5) is 0 Å². The van der Waals surface area contributed by atoms with Gasteiger partial charge in [0.25, 0.3) is 10.0 Å². The van der Waals surface area contributed by atoms with Crippen molar-refractivity contribution in [1.29, 1.82) is 0 Å². The van der Waals surface area contributed by atoms with Crippen LogP contribution in [0.25, 0.3) is 0 Å². The Morgan fingerprint density at radius 1 is 1.40 bits per heavy atom. The Morgan fingerprint density at radius 3 is 2.90 bits per heavy atom. The third-order valence-corrected chi connectivity index (χ3v) is 7.78. The summed E-state index contributed by atoms with van der Waals surface area (Å²) in [6.45, 7) is 2.33. The molecule has 0 bridgehead atoms. The number of hydrogen-bond donors (Lipinski definition) is 0. The molecule has 8 heteroatoms. The molecule has 1 aromatic rings. The Kier molecular flexibility index (Phi) is 4.07. The van der Waals surface area contributed by atoms with Gasteiger partial charge < -0.3 is 4.90 Å². The standard InChI is InChI=1S/C12H18ClN3O2S2/c1-15-5-2-3-9-8-16(6-4-10(9)15)20(17,18)11-7-14-12(13)19-11/h7,9-10H,2-6,8H2,1H3. The van der Waals surface area contributed by atoms with Gasteiger partial charge in [0, 0.05) is 19.1 Å². The van der Waals surface area contributed by atoms with Gasteiger partial charge >= 0.3 is 0 Å². The Balaban J connectivity index is 1.79. The molecule has 0 spiro atoms. The first-order valence-corrected chi connectivity index (χ1v) is 9.43. The van der Waals surface area contributed by atoms with Crippen LogP contribution in [0.5, 0.6) is 0 Å². The molecule has 2 saturated heterocycles. The van der Waals surface area contributed by atoms with Gasteiger partial charge in [-0.25, -0.2) is 13.4 Å². The predicted molar refractivity (Wildman–Crippen MR) is 79.6 cm³/mol. The summed E-state index contributed by atoms with van der Waals surface area (Å²) in [7, 11) is -1.28. The summed E-state index contributed by atoms with van der Waals surface area (Å²) in [4.78, 5) is 6.22. The maximum absolute atomic E-state index is 12.6. The smallest absolute Gasteiger partial charge is 0.254 e. The second-order valence-corrected chi connectivity index (χ2v) is 9.31. The number of nitrogens with zero attached hydrogens (tertiary/aromatic N) is 3. The molecule has 20 heavy (non-hydrogen) atoms. The number of fused-ring (bicyclic) bond motifs is 1. The second-order valence-electron chi connectivity index (χ2n) is 5.53. The largest absolute Gasteiger partial charge is 0.303 e. The van der Waals surface area contributed by atoms with Gasteiger partial charge in [0.05, 0.1) is 6.20 Å². The third kappa shape index (κ3) is 2.62. The lowest BCUT2D eigenvalue weighted by atomic mass is 9.85. The van der Waals surface area contributed by atoms with Gasteiger partial charge in [-0.3, -0.25) is 0 Å². The maximum Gasteiger partial charge on any atom is 0.254 e. The van der Waals surface area contributed by atoms with Gasteiger partial charge in [-0.05, 0) is 38.8 Å². The molecular formula is C12H18ClN3O2S2. The van der Waals surface area contributed by atoms with Crippen molar-refractivity contribution in [3.63, 3.8) is 0 Å². The SMILES string of the molecule is CN1CCCC2CN(S(=O)(=O)c3cnc(Cl)s3)CCC21. The molecule has 0 aromatic carbocycles. The molecule has 2 unspecified atom stereocenters. The van der Waals surface area contributed by atoms with E-state index in [2.05, 4.69) is 16.9 Å². The molecule has 2 aliphatic heterocycles. The third-order valence-electron chi connectivity index (χ3n) is 4.36. The summed E-state index contributed by atoms with van der Waals surface area (Å²) in [5.74, 6) is 0.445. The average Bonchev–Trinajstić information content (AvgIpc) is 2.86. The minimum atomic E-state index is -3.42. The molecule has 5 nitrogen and oxygen atoms in total. The molecule has 112 valence electrons. The van der Waals surface area contributed by atoms with Crippen molar-refractivity contribution in [3.05, 3.63) is 10.7 Å². The number of halogens is 1. The van der Waals surface area contributed by atoms with Crippen LogP contribution < -0.4 is 0 Å². The van der Waals surface area contributed by atoms with E-state index in [-0.39, 0.29) is 8.68 Å². The first-order valence-electron chi connectivity index (χ1n) is 6.80. The highest BCUT2D eigenvalue weighted by atomic mass is 35.5. The van der Waals surface area contributed by atoms with E-state index in [9.17, 15) is 8.42 Å². The number of piperidine rings is 2. The molecule has 3 heterocycles. The van der Waals surface area contributed by atoms with E-state index in [1.165, 1.54) is 6.20 Å². The van der Waals surface area contributed by atoms with Gasteiger partial charge in [-0.15, -0.1) is 0 Å². The van der Waals surface area contributed by atoms with Crippen molar-refractivity contribution in [2.24, 2.45) is 5.92 Å². The highest BCUT2D eigenvalue weighted by Gasteiger charge is 2.39. The zero-order valence-electron chi connectivity index (χ0n) is 11.3. The topological polar surface area (TPSA) is 53.5 Å². The van der Waals surface area contributed by atoms with Crippen LogP contribution >= 0.6 is 22.9 Å². The molecule has 0 saturated carbocycles. The average molecular weight is 336 g/mol. The van der Waals surface area contributed by atoms with Crippen LogP contribution in [-0.2, 0) is 10.0 Å². The van der Waals surface area contributed by atoms with Crippen molar-refractivity contribution in [2.45, 2.75) is 29.5 Å². The molecule has 0 amide bonds. The highest BCUT2D eigenvalue weighted by molar-refractivity contribution is 7.91. The van der Waals surface area contributed by atoms with E-state index in [0.29, 0.717) is 25.0 Å². The van der Waals surface area contributed by atoms with Crippen LogP contribution in [-0.4, -0.2) is 55.3 Å². The Bertz CT molecular complexity index is 589. The number of hydrogen-bond acceptors (Lipinski definition) is 5.